The Morgan fingerprint density at radius 2 is 0.841 bits per heavy atom. The molecule has 0 saturated carbocycles. The number of hydrogen-bond acceptors (Lipinski definition) is 4. The summed E-state index contributed by atoms with van der Waals surface area (Å²) in [6.07, 6.45) is 0. The van der Waals surface area contributed by atoms with Crippen molar-refractivity contribution in [3.05, 3.63) is 212 Å². The van der Waals surface area contributed by atoms with E-state index in [4.69, 9.17) is 15.0 Å². The number of thiophene rings is 1. The van der Waals surface area contributed by atoms with Crippen LogP contribution in [0.3, 0.4) is 0 Å². The highest BCUT2D eigenvalue weighted by Crippen LogP contribution is 2.46. The number of para-hydroxylation sites is 4. The molecule has 0 N–H and O–H groups in total. The SMILES string of the molecule is c1ccc(-c2ccc(-c3nc(-c4ccccc4)nc(-c4cccc5c6ccc7c8cc(-n9c%10ccccc%10c%10ccccc%109)ccc8sc7c6n(-c6ccccc6)c45)n3)cc2)cc1. The van der Waals surface area contributed by atoms with E-state index >= 15 is 0 Å². The topological polar surface area (TPSA) is 48.5 Å². The Kier molecular flexibility index (Phi) is 8.01. The van der Waals surface area contributed by atoms with Crippen LogP contribution in [-0.4, -0.2) is 24.1 Å². The average Bonchev–Trinajstić information content (AvgIpc) is 4.02. The first-order valence-electron chi connectivity index (χ1n) is 21.2. The van der Waals surface area contributed by atoms with E-state index in [2.05, 4.69) is 197 Å². The molecule has 0 spiro atoms. The highest BCUT2D eigenvalue weighted by Gasteiger charge is 2.23. The zero-order valence-electron chi connectivity index (χ0n) is 33.9. The number of nitrogens with zero attached hydrogens (tertiary/aromatic N) is 5. The van der Waals surface area contributed by atoms with Crippen LogP contribution in [-0.2, 0) is 0 Å². The summed E-state index contributed by atoms with van der Waals surface area (Å²) < 4.78 is 7.34. The van der Waals surface area contributed by atoms with Crippen molar-refractivity contribution in [2.75, 3.05) is 0 Å². The second-order valence-electron chi connectivity index (χ2n) is 16.0. The first kappa shape index (κ1) is 35.6. The van der Waals surface area contributed by atoms with E-state index in [1.54, 1.807) is 0 Å². The number of benzene rings is 9. The molecule has 0 bridgehead atoms. The summed E-state index contributed by atoms with van der Waals surface area (Å²) in [5.74, 6) is 1.89. The smallest absolute Gasteiger partial charge is 0.166 e. The summed E-state index contributed by atoms with van der Waals surface area (Å²) in [5, 5.41) is 7.33. The maximum atomic E-state index is 5.30. The first-order valence-corrected chi connectivity index (χ1v) is 22.0. The normalized spacial score (nSPS) is 11.8. The standard InChI is InChI=1S/C57H35N5S/c1-4-15-36(16-5-1)37-27-29-39(30-28-37)56-58-55(38-17-6-2-7-18-38)59-57(60-56)47-24-14-23-44-45-32-33-46-48-35-41(61-49-25-12-10-21-42(49)43-22-11-13-26-50(43)61)31-34-51(48)63-54(46)53(45)62(52(44)47)40-19-8-3-9-20-40/h1-35H. The van der Waals surface area contributed by atoms with Crippen molar-refractivity contribution < 1.29 is 0 Å². The van der Waals surface area contributed by atoms with Crippen molar-refractivity contribution >= 4 is 75.1 Å². The molecule has 63 heavy (non-hydrogen) atoms. The fourth-order valence-electron chi connectivity index (χ4n) is 9.51. The third-order valence-corrected chi connectivity index (χ3v) is 13.6. The summed E-state index contributed by atoms with van der Waals surface area (Å²) in [7, 11) is 0. The lowest BCUT2D eigenvalue weighted by molar-refractivity contribution is 1.07. The second kappa shape index (κ2) is 14.2. The Bertz CT molecular complexity index is 3830. The van der Waals surface area contributed by atoms with Gasteiger partial charge in [-0.1, -0.05) is 164 Å². The molecular formula is C57H35N5S. The van der Waals surface area contributed by atoms with Gasteiger partial charge in [-0.2, -0.15) is 0 Å². The molecule has 0 radical (unpaired) electrons. The van der Waals surface area contributed by atoms with Gasteiger partial charge in [0, 0.05) is 65.1 Å². The predicted molar refractivity (Wildman–Crippen MR) is 263 cm³/mol. The molecule has 0 saturated heterocycles. The van der Waals surface area contributed by atoms with E-state index in [-0.39, 0.29) is 0 Å². The van der Waals surface area contributed by atoms with Gasteiger partial charge in [0.25, 0.3) is 0 Å². The van der Waals surface area contributed by atoms with Crippen LogP contribution >= 0.6 is 11.3 Å². The van der Waals surface area contributed by atoms with E-state index < -0.39 is 0 Å². The highest BCUT2D eigenvalue weighted by atomic mass is 32.1. The number of fused-ring (bicyclic) bond motifs is 10. The quantitative estimate of drug-likeness (QED) is 0.168. The van der Waals surface area contributed by atoms with Gasteiger partial charge in [0.05, 0.1) is 26.8 Å². The zero-order chi connectivity index (χ0) is 41.4. The number of rotatable bonds is 6. The van der Waals surface area contributed by atoms with Gasteiger partial charge >= 0.3 is 0 Å². The van der Waals surface area contributed by atoms with Crippen molar-refractivity contribution in [1.29, 1.82) is 0 Å². The molecule has 0 atom stereocenters. The first-order chi connectivity index (χ1) is 31.2. The molecule has 0 aliphatic rings. The maximum Gasteiger partial charge on any atom is 0.166 e. The summed E-state index contributed by atoms with van der Waals surface area (Å²) in [4.78, 5) is 15.7. The zero-order valence-corrected chi connectivity index (χ0v) is 34.7. The molecule has 13 aromatic rings. The summed E-state index contributed by atoms with van der Waals surface area (Å²) in [5.41, 5.74) is 12.0. The van der Waals surface area contributed by atoms with E-state index in [0.29, 0.717) is 17.5 Å². The lowest BCUT2D eigenvalue weighted by Crippen LogP contribution is -2.02. The summed E-state index contributed by atoms with van der Waals surface area (Å²) in [6.45, 7) is 0. The van der Waals surface area contributed by atoms with Gasteiger partial charge in [-0.15, -0.1) is 11.3 Å². The van der Waals surface area contributed by atoms with E-state index in [9.17, 15) is 0 Å². The molecule has 9 aromatic carbocycles. The van der Waals surface area contributed by atoms with E-state index in [1.807, 2.05) is 35.6 Å². The van der Waals surface area contributed by atoms with Gasteiger partial charge in [-0.25, -0.2) is 15.0 Å². The summed E-state index contributed by atoms with van der Waals surface area (Å²) in [6, 6.07) is 75.4. The monoisotopic (exact) mass is 821 g/mol. The largest absolute Gasteiger partial charge is 0.309 e. The molecule has 0 aliphatic carbocycles. The molecule has 0 amide bonds. The molecule has 5 nitrogen and oxygen atoms in total. The van der Waals surface area contributed by atoms with E-state index in [1.165, 1.54) is 58.4 Å². The van der Waals surface area contributed by atoms with Crippen LogP contribution in [0, 0.1) is 0 Å². The predicted octanol–water partition coefficient (Wildman–Crippen LogP) is 15.1. The lowest BCUT2D eigenvalue weighted by atomic mass is 10.0. The molecule has 4 heterocycles. The number of aromatic nitrogens is 5. The molecule has 6 heteroatoms. The summed E-state index contributed by atoms with van der Waals surface area (Å²) >= 11 is 1.86. The minimum Gasteiger partial charge on any atom is -0.309 e. The minimum atomic E-state index is 0.625. The molecule has 0 aliphatic heterocycles. The van der Waals surface area contributed by atoms with Gasteiger partial charge in [-0.05, 0) is 59.7 Å². The number of hydrogen-bond donors (Lipinski definition) is 0. The molecule has 4 aromatic heterocycles. The fourth-order valence-corrected chi connectivity index (χ4v) is 10.7. The Balaban J connectivity index is 1.05. The lowest BCUT2D eigenvalue weighted by Gasteiger charge is -2.13. The Hall–Kier alpha value is -8.19. The third kappa shape index (κ3) is 5.66. The molecule has 13 rings (SSSR count). The van der Waals surface area contributed by atoms with Gasteiger partial charge < -0.3 is 9.13 Å². The van der Waals surface area contributed by atoms with E-state index in [0.717, 1.165) is 44.5 Å². The van der Waals surface area contributed by atoms with Gasteiger partial charge in [0.15, 0.2) is 17.5 Å². The highest BCUT2D eigenvalue weighted by molar-refractivity contribution is 7.26. The molecule has 294 valence electrons. The second-order valence-corrected chi connectivity index (χ2v) is 17.0. The third-order valence-electron chi connectivity index (χ3n) is 12.4. The Labute approximate surface area is 366 Å². The van der Waals surface area contributed by atoms with Gasteiger partial charge in [-0.3, -0.25) is 0 Å². The van der Waals surface area contributed by atoms with Crippen LogP contribution in [0.2, 0.25) is 0 Å². The van der Waals surface area contributed by atoms with Crippen LogP contribution in [0.1, 0.15) is 0 Å². The van der Waals surface area contributed by atoms with Crippen LogP contribution < -0.4 is 0 Å². The van der Waals surface area contributed by atoms with Crippen molar-refractivity contribution in [3.63, 3.8) is 0 Å². The molecule has 0 unspecified atom stereocenters. The van der Waals surface area contributed by atoms with Gasteiger partial charge in [0.2, 0.25) is 0 Å². The van der Waals surface area contributed by atoms with Crippen LogP contribution in [0.4, 0.5) is 0 Å². The average molecular weight is 822 g/mol. The van der Waals surface area contributed by atoms with Crippen molar-refractivity contribution in [2.24, 2.45) is 0 Å². The van der Waals surface area contributed by atoms with Crippen molar-refractivity contribution in [1.82, 2.24) is 24.1 Å². The molecule has 0 fully saturated rings. The Morgan fingerprint density at radius 3 is 1.54 bits per heavy atom. The molecular weight excluding hydrogens is 787 g/mol. The van der Waals surface area contributed by atoms with Crippen LogP contribution in [0.15, 0.2) is 212 Å². The van der Waals surface area contributed by atoms with Crippen molar-refractivity contribution in [2.45, 2.75) is 0 Å². The Morgan fingerprint density at radius 1 is 0.317 bits per heavy atom. The van der Waals surface area contributed by atoms with Crippen LogP contribution in [0.25, 0.3) is 120 Å². The van der Waals surface area contributed by atoms with Gasteiger partial charge in [0.1, 0.15) is 0 Å². The minimum absolute atomic E-state index is 0.625. The van der Waals surface area contributed by atoms with Crippen LogP contribution in [0.5, 0.6) is 0 Å². The fraction of sp³-hybridized carbons (Fsp3) is 0. The van der Waals surface area contributed by atoms with Crippen molar-refractivity contribution in [3.8, 4) is 56.7 Å². The maximum absolute atomic E-state index is 5.30.